The largest absolute Gasteiger partial charge is 0.453 e. The van der Waals surface area contributed by atoms with Crippen molar-refractivity contribution in [1.82, 2.24) is 10.6 Å². The standard InChI is InChI=1S/C14H19ClN2O2/c1-19-13(18)17-14(7-2-8-16-10-14)9-11-3-5-12(15)6-4-11/h3-6,16H,2,7-10H2,1H3,(H,17,18). The molecule has 104 valence electrons. The van der Waals surface area contributed by atoms with Crippen molar-refractivity contribution in [3.8, 4) is 0 Å². The van der Waals surface area contributed by atoms with Gasteiger partial charge in [-0.1, -0.05) is 23.7 Å². The van der Waals surface area contributed by atoms with E-state index >= 15 is 0 Å². The molecule has 0 spiro atoms. The van der Waals surface area contributed by atoms with Crippen molar-refractivity contribution < 1.29 is 9.53 Å². The number of methoxy groups -OCH3 is 1. The fourth-order valence-electron chi connectivity index (χ4n) is 2.53. The van der Waals surface area contributed by atoms with Crippen LogP contribution in [0.5, 0.6) is 0 Å². The number of carbonyl (C=O) groups is 1. The molecule has 2 N–H and O–H groups in total. The molecule has 1 aromatic carbocycles. The van der Waals surface area contributed by atoms with Gasteiger partial charge in [0.2, 0.25) is 0 Å². The quantitative estimate of drug-likeness (QED) is 0.895. The molecule has 0 aliphatic carbocycles. The SMILES string of the molecule is COC(=O)NC1(Cc2ccc(Cl)cc2)CCCNC1. The van der Waals surface area contributed by atoms with E-state index in [0.717, 1.165) is 42.9 Å². The van der Waals surface area contributed by atoms with E-state index in [1.807, 2.05) is 24.3 Å². The molecule has 1 amide bonds. The van der Waals surface area contributed by atoms with E-state index in [9.17, 15) is 4.79 Å². The van der Waals surface area contributed by atoms with Crippen molar-refractivity contribution >= 4 is 17.7 Å². The second-order valence-electron chi connectivity index (χ2n) is 4.98. The summed E-state index contributed by atoms with van der Waals surface area (Å²) in [5.41, 5.74) is 0.878. The van der Waals surface area contributed by atoms with Crippen LogP contribution in [0.25, 0.3) is 0 Å². The van der Waals surface area contributed by atoms with Crippen LogP contribution in [-0.4, -0.2) is 31.8 Å². The highest BCUT2D eigenvalue weighted by molar-refractivity contribution is 6.30. The van der Waals surface area contributed by atoms with Crippen LogP contribution in [0.1, 0.15) is 18.4 Å². The highest BCUT2D eigenvalue weighted by Gasteiger charge is 2.34. The van der Waals surface area contributed by atoms with E-state index in [2.05, 4.69) is 10.6 Å². The average molecular weight is 283 g/mol. The fourth-order valence-corrected chi connectivity index (χ4v) is 2.66. The third kappa shape index (κ3) is 3.85. The maximum atomic E-state index is 11.5. The number of hydrogen-bond acceptors (Lipinski definition) is 3. The number of halogens is 1. The highest BCUT2D eigenvalue weighted by Crippen LogP contribution is 2.23. The summed E-state index contributed by atoms with van der Waals surface area (Å²) in [5, 5.41) is 7.05. The monoisotopic (exact) mass is 282 g/mol. The van der Waals surface area contributed by atoms with Crippen LogP contribution >= 0.6 is 11.6 Å². The lowest BCUT2D eigenvalue weighted by atomic mass is 9.84. The molecule has 2 rings (SSSR count). The Morgan fingerprint density at radius 3 is 2.79 bits per heavy atom. The summed E-state index contributed by atoms with van der Waals surface area (Å²) in [7, 11) is 1.39. The van der Waals surface area contributed by atoms with Gasteiger partial charge in [-0.15, -0.1) is 0 Å². The minimum atomic E-state index is -0.377. The van der Waals surface area contributed by atoms with Gasteiger partial charge in [0.05, 0.1) is 12.6 Å². The van der Waals surface area contributed by atoms with Gasteiger partial charge in [0.15, 0.2) is 0 Å². The van der Waals surface area contributed by atoms with Gasteiger partial charge in [0, 0.05) is 11.6 Å². The van der Waals surface area contributed by atoms with Crippen LogP contribution in [0.2, 0.25) is 5.02 Å². The molecule has 4 nitrogen and oxygen atoms in total. The molecule has 5 heteroatoms. The summed E-state index contributed by atoms with van der Waals surface area (Å²) in [6.07, 6.45) is 2.37. The van der Waals surface area contributed by atoms with Gasteiger partial charge in [0.1, 0.15) is 0 Å². The molecule has 0 radical (unpaired) electrons. The Labute approximate surface area is 118 Å². The number of alkyl carbamates (subject to hydrolysis) is 1. The van der Waals surface area contributed by atoms with Gasteiger partial charge in [-0.05, 0) is 43.5 Å². The van der Waals surface area contributed by atoms with Crippen molar-refractivity contribution in [3.63, 3.8) is 0 Å². The summed E-state index contributed by atoms with van der Waals surface area (Å²) in [6.45, 7) is 1.75. The number of nitrogens with one attached hydrogen (secondary N) is 2. The lowest BCUT2D eigenvalue weighted by Gasteiger charge is -2.38. The molecule has 1 aliphatic rings. The van der Waals surface area contributed by atoms with Crippen molar-refractivity contribution in [1.29, 1.82) is 0 Å². The Morgan fingerprint density at radius 1 is 1.47 bits per heavy atom. The molecule has 0 saturated carbocycles. The maximum absolute atomic E-state index is 11.5. The predicted molar refractivity (Wildman–Crippen MR) is 75.5 cm³/mol. The Bertz CT molecular complexity index is 428. The first-order valence-electron chi connectivity index (χ1n) is 6.45. The number of carbonyl (C=O) groups excluding carboxylic acids is 1. The first-order valence-corrected chi connectivity index (χ1v) is 6.83. The zero-order valence-corrected chi connectivity index (χ0v) is 11.8. The van der Waals surface area contributed by atoms with E-state index in [1.54, 1.807) is 0 Å². The van der Waals surface area contributed by atoms with Crippen molar-refractivity contribution in [2.45, 2.75) is 24.8 Å². The number of benzene rings is 1. The zero-order valence-electron chi connectivity index (χ0n) is 11.0. The minimum Gasteiger partial charge on any atom is -0.453 e. The van der Waals surface area contributed by atoms with Crippen LogP contribution in [0, 0.1) is 0 Å². The van der Waals surface area contributed by atoms with Crippen LogP contribution in [-0.2, 0) is 11.2 Å². The Hall–Kier alpha value is -1.26. The summed E-state index contributed by atoms with van der Waals surface area (Å²) >= 11 is 5.89. The molecule has 19 heavy (non-hydrogen) atoms. The molecule has 1 heterocycles. The van der Waals surface area contributed by atoms with E-state index in [4.69, 9.17) is 16.3 Å². The van der Waals surface area contributed by atoms with Gasteiger partial charge >= 0.3 is 6.09 Å². The lowest BCUT2D eigenvalue weighted by Crippen LogP contribution is -2.59. The number of hydrogen-bond donors (Lipinski definition) is 2. The molecule has 1 unspecified atom stereocenters. The Morgan fingerprint density at radius 2 is 2.21 bits per heavy atom. The van der Waals surface area contributed by atoms with Crippen molar-refractivity contribution in [2.24, 2.45) is 0 Å². The molecule has 1 fully saturated rings. The smallest absolute Gasteiger partial charge is 0.407 e. The van der Waals surface area contributed by atoms with Crippen molar-refractivity contribution in [2.75, 3.05) is 20.2 Å². The van der Waals surface area contributed by atoms with Gasteiger partial charge < -0.3 is 15.4 Å². The Balaban J connectivity index is 2.12. The summed E-state index contributed by atoms with van der Waals surface area (Å²) in [5.74, 6) is 0. The minimum absolute atomic E-state index is 0.279. The molecule has 1 saturated heterocycles. The van der Waals surface area contributed by atoms with Crippen LogP contribution in [0.4, 0.5) is 4.79 Å². The summed E-state index contributed by atoms with van der Waals surface area (Å²) in [6, 6.07) is 7.74. The van der Waals surface area contributed by atoms with Crippen LogP contribution < -0.4 is 10.6 Å². The zero-order chi connectivity index (χ0) is 13.7. The molecular formula is C14H19ClN2O2. The molecule has 1 aliphatic heterocycles. The summed E-state index contributed by atoms with van der Waals surface area (Å²) < 4.78 is 4.74. The van der Waals surface area contributed by atoms with E-state index in [0.29, 0.717) is 0 Å². The molecular weight excluding hydrogens is 264 g/mol. The lowest BCUT2D eigenvalue weighted by molar-refractivity contribution is 0.146. The second kappa shape index (κ2) is 6.26. The fraction of sp³-hybridized carbons (Fsp3) is 0.500. The molecule has 0 aromatic heterocycles. The number of rotatable bonds is 3. The number of amides is 1. The first kappa shape index (κ1) is 14.2. The van der Waals surface area contributed by atoms with Crippen LogP contribution in [0.3, 0.4) is 0 Å². The number of piperidine rings is 1. The maximum Gasteiger partial charge on any atom is 0.407 e. The molecule has 0 bridgehead atoms. The topological polar surface area (TPSA) is 50.4 Å². The summed E-state index contributed by atoms with van der Waals surface area (Å²) in [4.78, 5) is 11.5. The Kier molecular flexibility index (Phi) is 4.66. The van der Waals surface area contributed by atoms with Crippen molar-refractivity contribution in [3.05, 3.63) is 34.9 Å². The molecule has 1 atom stereocenters. The van der Waals surface area contributed by atoms with E-state index in [-0.39, 0.29) is 11.6 Å². The second-order valence-corrected chi connectivity index (χ2v) is 5.42. The van der Waals surface area contributed by atoms with Crippen LogP contribution in [0.15, 0.2) is 24.3 Å². The van der Waals surface area contributed by atoms with Gasteiger partial charge in [-0.2, -0.15) is 0 Å². The van der Waals surface area contributed by atoms with Gasteiger partial charge in [-0.3, -0.25) is 0 Å². The predicted octanol–water partition coefficient (Wildman–Crippen LogP) is 2.36. The normalized spacial score (nSPS) is 22.8. The van der Waals surface area contributed by atoms with Gasteiger partial charge in [0.25, 0.3) is 0 Å². The van der Waals surface area contributed by atoms with E-state index in [1.165, 1.54) is 7.11 Å². The van der Waals surface area contributed by atoms with Gasteiger partial charge in [-0.25, -0.2) is 4.79 Å². The third-order valence-electron chi connectivity index (χ3n) is 3.48. The first-order chi connectivity index (χ1) is 9.13. The highest BCUT2D eigenvalue weighted by atomic mass is 35.5. The molecule has 1 aromatic rings. The third-order valence-corrected chi connectivity index (χ3v) is 3.73. The van der Waals surface area contributed by atoms with E-state index < -0.39 is 0 Å². The average Bonchev–Trinajstić information content (AvgIpc) is 2.42. The number of ether oxygens (including phenoxy) is 1.